The molecule has 0 spiro atoms. The first-order valence-electron chi connectivity index (χ1n) is 9.11. The smallest absolute Gasteiger partial charge is 0.229 e. The Balaban J connectivity index is 1.36. The minimum Gasteiger partial charge on any atom is -0.491 e. The van der Waals surface area contributed by atoms with Gasteiger partial charge in [0, 0.05) is 24.4 Å². The highest BCUT2D eigenvalue weighted by Gasteiger charge is 2.49. The van der Waals surface area contributed by atoms with Gasteiger partial charge in [0.2, 0.25) is 5.91 Å². The zero-order valence-corrected chi connectivity index (χ0v) is 13.9. The Hall–Kier alpha value is -1.59. The molecule has 0 aromatic heterocycles. The summed E-state index contributed by atoms with van der Waals surface area (Å²) in [5.41, 5.74) is 7.04. The van der Waals surface area contributed by atoms with Crippen LogP contribution in [0.2, 0.25) is 0 Å². The van der Waals surface area contributed by atoms with Gasteiger partial charge in [0.25, 0.3) is 0 Å². The van der Waals surface area contributed by atoms with Crippen molar-refractivity contribution in [1.29, 1.82) is 0 Å². The zero-order chi connectivity index (χ0) is 16.5. The van der Waals surface area contributed by atoms with Crippen LogP contribution in [0.1, 0.15) is 32.1 Å². The van der Waals surface area contributed by atoms with Gasteiger partial charge in [-0.25, -0.2) is 0 Å². The van der Waals surface area contributed by atoms with Crippen molar-refractivity contribution in [2.45, 2.75) is 44.2 Å². The third-order valence-corrected chi connectivity index (χ3v) is 5.84. The first kappa shape index (κ1) is 15.9. The van der Waals surface area contributed by atoms with Crippen LogP contribution in [0.15, 0.2) is 24.3 Å². The lowest BCUT2D eigenvalue weighted by Crippen LogP contribution is -2.42. The molecule has 1 amide bonds. The number of rotatable bonds is 5. The first-order valence-corrected chi connectivity index (χ1v) is 9.11. The number of fused-ring (bicyclic) bond motifs is 2. The standard InChI is InChI=1S/C19H26N2O3/c20-18-13-7-6-12(9-13)17(18)19(22)21-14-3-1-4-15(10-14)24-11-16-5-2-8-23-16/h1,3-4,10,12-13,16-18H,2,5-9,11,20H2,(H,21,22). The molecule has 3 fully saturated rings. The van der Waals surface area contributed by atoms with Gasteiger partial charge < -0.3 is 20.5 Å². The fourth-order valence-corrected chi connectivity index (χ4v) is 4.58. The monoisotopic (exact) mass is 330 g/mol. The average molecular weight is 330 g/mol. The van der Waals surface area contributed by atoms with Crippen LogP contribution < -0.4 is 15.8 Å². The number of ether oxygens (including phenoxy) is 2. The maximum Gasteiger partial charge on any atom is 0.229 e. The van der Waals surface area contributed by atoms with Crippen molar-refractivity contribution in [2.24, 2.45) is 23.5 Å². The fourth-order valence-electron chi connectivity index (χ4n) is 4.58. The van der Waals surface area contributed by atoms with E-state index in [-0.39, 0.29) is 24.0 Å². The number of hydrogen-bond donors (Lipinski definition) is 2. The Kier molecular flexibility index (Phi) is 4.46. The summed E-state index contributed by atoms with van der Waals surface area (Å²) < 4.78 is 11.4. The van der Waals surface area contributed by atoms with E-state index in [1.54, 1.807) is 0 Å². The Morgan fingerprint density at radius 2 is 2.17 bits per heavy atom. The van der Waals surface area contributed by atoms with Gasteiger partial charge in [0.05, 0.1) is 12.0 Å². The lowest BCUT2D eigenvalue weighted by atomic mass is 9.84. The number of anilines is 1. The predicted octanol–water partition coefficient (Wildman–Crippen LogP) is 2.56. The molecule has 0 radical (unpaired) electrons. The molecule has 5 nitrogen and oxygen atoms in total. The summed E-state index contributed by atoms with van der Waals surface area (Å²) in [4.78, 5) is 12.6. The molecule has 2 bridgehead atoms. The Morgan fingerprint density at radius 1 is 1.29 bits per heavy atom. The van der Waals surface area contributed by atoms with Crippen LogP contribution in [0, 0.1) is 17.8 Å². The van der Waals surface area contributed by atoms with E-state index < -0.39 is 0 Å². The maximum absolute atomic E-state index is 12.6. The number of carbonyl (C=O) groups excluding carboxylic acids is 1. The lowest BCUT2D eigenvalue weighted by molar-refractivity contribution is -0.121. The summed E-state index contributed by atoms with van der Waals surface area (Å²) in [7, 11) is 0. The summed E-state index contributed by atoms with van der Waals surface area (Å²) in [6, 6.07) is 7.61. The molecule has 3 aliphatic rings. The van der Waals surface area contributed by atoms with Gasteiger partial charge in [-0.3, -0.25) is 4.79 Å². The van der Waals surface area contributed by atoms with E-state index in [4.69, 9.17) is 15.2 Å². The highest BCUT2D eigenvalue weighted by molar-refractivity contribution is 5.93. The molecule has 3 N–H and O–H groups in total. The van der Waals surface area contributed by atoms with Gasteiger partial charge in [0.1, 0.15) is 12.4 Å². The van der Waals surface area contributed by atoms with Crippen molar-refractivity contribution in [2.75, 3.05) is 18.5 Å². The van der Waals surface area contributed by atoms with Crippen molar-refractivity contribution in [3.05, 3.63) is 24.3 Å². The van der Waals surface area contributed by atoms with Crippen LogP contribution in [-0.4, -0.2) is 31.3 Å². The second-order valence-corrected chi connectivity index (χ2v) is 7.40. The molecular formula is C19H26N2O3. The lowest BCUT2D eigenvalue weighted by Gasteiger charge is -2.27. The predicted molar refractivity (Wildman–Crippen MR) is 91.8 cm³/mol. The van der Waals surface area contributed by atoms with Crippen LogP contribution in [0.3, 0.4) is 0 Å². The quantitative estimate of drug-likeness (QED) is 0.870. The van der Waals surface area contributed by atoms with E-state index in [9.17, 15) is 4.79 Å². The van der Waals surface area contributed by atoms with Gasteiger partial charge in [-0.2, -0.15) is 0 Å². The van der Waals surface area contributed by atoms with Crippen LogP contribution in [0.5, 0.6) is 5.75 Å². The first-order chi connectivity index (χ1) is 11.7. The molecule has 1 saturated heterocycles. The van der Waals surface area contributed by atoms with Crippen molar-refractivity contribution < 1.29 is 14.3 Å². The van der Waals surface area contributed by atoms with Gasteiger partial charge >= 0.3 is 0 Å². The van der Waals surface area contributed by atoms with Crippen LogP contribution in [-0.2, 0) is 9.53 Å². The summed E-state index contributed by atoms with van der Waals surface area (Å²) in [5, 5.41) is 3.04. The van der Waals surface area contributed by atoms with E-state index >= 15 is 0 Å². The highest BCUT2D eigenvalue weighted by atomic mass is 16.5. The molecule has 2 aliphatic carbocycles. The number of nitrogens with one attached hydrogen (secondary N) is 1. The second-order valence-electron chi connectivity index (χ2n) is 7.40. The van der Waals surface area contributed by atoms with Gasteiger partial charge in [-0.1, -0.05) is 6.07 Å². The molecule has 1 aromatic rings. The van der Waals surface area contributed by atoms with E-state index in [1.807, 2.05) is 24.3 Å². The van der Waals surface area contributed by atoms with Crippen molar-refractivity contribution in [3.8, 4) is 5.75 Å². The SMILES string of the molecule is NC1C2CCC(C2)C1C(=O)Nc1cccc(OCC2CCCO2)c1. The maximum atomic E-state index is 12.6. The molecular weight excluding hydrogens is 304 g/mol. The number of amides is 1. The number of hydrogen-bond acceptors (Lipinski definition) is 4. The number of carbonyl (C=O) groups is 1. The van der Waals surface area contributed by atoms with Crippen molar-refractivity contribution in [3.63, 3.8) is 0 Å². The average Bonchev–Trinajstić information content (AvgIpc) is 3.30. The molecule has 5 unspecified atom stereocenters. The van der Waals surface area contributed by atoms with Gasteiger partial charge in [-0.05, 0) is 56.1 Å². The molecule has 1 aliphatic heterocycles. The highest BCUT2D eigenvalue weighted by Crippen LogP contribution is 2.47. The molecule has 130 valence electrons. The summed E-state index contributed by atoms with van der Waals surface area (Å²) in [5.74, 6) is 1.78. The normalized spacial score (nSPS) is 34.5. The molecule has 2 saturated carbocycles. The van der Waals surface area contributed by atoms with Gasteiger partial charge in [0.15, 0.2) is 0 Å². The van der Waals surface area contributed by atoms with Crippen LogP contribution in [0.25, 0.3) is 0 Å². The minimum absolute atomic E-state index is 0.0164. The molecule has 24 heavy (non-hydrogen) atoms. The molecule has 5 atom stereocenters. The fraction of sp³-hybridized carbons (Fsp3) is 0.632. The minimum atomic E-state index is -0.0415. The van der Waals surface area contributed by atoms with Crippen LogP contribution in [0.4, 0.5) is 5.69 Å². The van der Waals surface area contributed by atoms with Crippen molar-refractivity contribution in [1.82, 2.24) is 0 Å². The second kappa shape index (κ2) is 6.73. The third kappa shape index (κ3) is 3.15. The number of nitrogens with two attached hydrogens (primary N) is 1. The molecule has 1 aromatic carbocycles. The van der Waals surface area contributed by atoms with E-state index in [0.29, 0.717) is 18.4 Å². The third-order valence-electron chi connectivity index (χ3n) is 5.84. The van der Waals surface area contributed by atoms with Crippen molar-refractivity contribution >= 4 is 11.6 Å². The van der Waals surface area contributed by atoms with E-state index in [1.165, 1.54) is 6.42 Å². The Labute approximate surface area is 142 Å². The largest absolute Gasteiger partial charge is 0.491 e. The Bertz CT molecular complexity index is 598. The topological polar surface area (TPSA) is 73.6 Å². The van der Waals surface area contributed by atoms with Crippen LogP contribution >= 0.6 is 0 Å². The number of benzene rings is 1. The molecule has 4 rings (SSSR count). The molecule has 1 heterocycles. The molecule has 5 heteroatoms. The van der Waals surface area contributed by atoms with E-state index in [2.05, 4.69) is 5.32 Å². The zero-order valence-electron chi connectivity index (χ0n) is 13.9. The summed E-state index contributed by atoms with van der Waals surface area (Å²) in [6.45, 7) is 1.39. The summed E-state index contributed by atoms with van der Waals surface area (Å²) >= 11 is 0. The Morgan fingerprint density at radius 3 is 2.92 bits per heavy atom. The summed E-state index contributed by atoms with van der Waals surface area (Å²) in [6.07, 6.45) is 5.79. The van der Waals surface area contributed by atoms with E-state index in [0.717, 1.165) is 43.7 Å². The van der Waals surface area contributed by atoms with Gasteiger partial charge in [-0.15, -0.1) is 0 Å².